The maximum Gasteiger partial charge on any atom is 0.407 e. The van der Waals surface area contributed by atoms with E-state index in [1.54, 1.807) is 6.07 Å². The van der Waals surface area contributed by atoms with E-state index in [1.165, 1.54) is 4.90 Å². The lowest BCUT2D eigenvalue weighted by Gasteiger charge is -2.34. The molecule has 3 aromatic rings. The maximum absolute atomic E-state index is 11.1. The maximum atomic E-state index is 11.1. The topological polar surface area (TPSA) is 69.6 Å². The Morgan fingerprint density at radius 2 is 1.56 bits per heavy atom. The van der Waals surface area contributed by atoms with Crippen molar-refractivity contribution in [2.75, 3.05) is 31.1 Å². The lowest BCUT2D eigenvalue weighted by Crippen LogP contribution is -2.48. The molecule has 0 atom stereocenters. The summed E-state index contributed by atoms with van der Waals surface area (Å²) in [5, 5.41) is 20.7. The Balaban J connectivity index is 1.81. The van der Waals surface area contributed by atoms with Gasteiger partial charge in [0.15, 0.2) is 5.82 Å². The average molecular weight is 403 g/mol. The molecule has 1 aromatic heterocycles. The summed E-state index contributed by atoms with van der Waals surface area (Å²) in [6, 6.07) is 13.4. The largest absolute Gasteiger partial charge is 0.465 e. The lowest BCUT2D eigenvalue weighted by molar-refractivity contribution is 0.142. The van der Waals surface area contributed by atoms with E-state index in [0.717, 1.165) is 22.0 Å². The fourth-order valence-electron chi connectivity index (χ4n) is 3.29. The highest BCUT2D eigenvalue weighted by atomic mass is 35.5. The molecule has 4 rings (SSSR count). The van der Waals surface area contributed by atoms with Gasteiger partial charge in [-0.05, 0) is 12.1 Å². The summed E-state index contributed by atoms with van der Waals surface area (Å²) in [6.45, 7) is 1.92. The number of halogens is 2. The second-order valence-electron chi connectivity index (χ2n) is 6.31. The summed E-state index contributed by atoms with van der Waals surface area (Å²) in [6.07, 6.45) is -0.903. The van der Waals surface area contributed by atoms with Gasteiger partial charge < -0.3 is 14.9 Å². The van der Waals surface area contributed by atoms with Gasteiger partial charge >= 0.3 is 6.09 Å². The molecule has 2 heterocycles. The summed E-state index contributed by atoms with van der Waals surface area (Å²) < 4.78 is 0. The first-order valence-electron chi connectivity index (χ1n) is 8.48. The zero-order chi connectivity index (χ0) is 19.0. The van der Waals surface area contributed by atoms with Gasteiger partial charge in [0.1, 0.15) is 5.69 Å². The number of fused-ring (bicyclic) bond motifs is 1. The second kappa shape index (κ2) is 7.21. The van der Waals surface area contributed by atoms with E-state index in [9.17, 15) is 4.79 Å². The van der Waals surface area contributed by atoms with E-state index in [-0.39, 0.29) is 0 Å². The van der Waals surface area contributed by atoms with Gasteiger partial charge in [-0.2, -0.15) is 0 Å². The number of hydrogen-bond donors (Lipinski definition) is 1. The molecule has 1 fully saturated rings. The molecule has 1 saturated heterocycles. The van der Waals surface area contributed by atoms with Crippen LogP contribution in [-0.4, -0.2) is 52.5 Å². The Morgan fingerprint density at radius 1 is 0.926 bits per heavy atom. The fourth-order valence-corrected chi connectivity index (χ4v) is 3.61. The zero-order valence-electron chi connectivity index (χ0n) is 14.3. The third-order valence-corrected chi connectivity index (χ3v) is 5.42. The van der Waals surface area contributed by atoms with Crippen molar-refractivity contribution in [3.63, 3.8) is 0 Å². The second-order valence-corrected chi connectivity index (χ2v) is 7.12. The molecular weight excluding hydrogens is 387 g/mol. The molecule has 0 spiro atoms. The number of nitrogens with zero attached hydrogens (tertiary/aromatic N) is 4. The van der Waals surface area contributed by atoms with Gasteiger partial charge in [0.2, 0.25) is 0 Å². The van der Waals surface area contributed by atoms with Gasteiger partial charge in [0.25, 0.3) is 0 Å². The molecule has 138 valence electrons. The van der Waals surface area contributed by atoms with Crippen LogP contribution < -0.4 is 4.90 Å². The van der Waals surface area contributed by atoms with Crippen LogP contribution >= 0.6 is 23.2 Å². The monoisotopic (exact) mass is 402 g/mol. The normalized spacial score (nSPS) is 14.6. The Kier molecular flexibility index (Phi) is 4.76. The van der Waals surface area contributed by atoms with Crippen LogP contribution in [0.15, 0.2) is 42.5 Å². The summed E-state index contributed by atoms with van der Waals surface area (Å²) in [5.41, 5.74) is 1.67. The van der Waals surface area contributed by atoms with Crippen LogP contribution in [0.3, 0.4) is 0 Å². The van der Waals surface area contributed by atoms with Crippen LogP contribution in [-0.2, 0) is 0 Å². The first-order valence-corrected chi connectivity index (χ1v) is 9.24. The van der Waals surface area contributed by atoms with E-state index in [4.69, 9.17) is 28.3 Å². The highest BCUT2D eigenvalue weighted by Gasteiger charge is 2.24. The molecule has 1 N–H and O–H groups in total. The van der Waals surface area contributed by atoms with Gasteiger partial charge in [-0.1, -0.05) is 53.5 Å². The molecule has 8 heteroatoms. The Labute approximate surface area is 165 Å². The average Bonchev–Trinajstić information content (AvgIpc) is 2.69. The fraction of sp³-hybridized carbons (Fsp3) is 0.211. The number of benzene rings is 2. The van der Waals surface area contributed by atoms with E-state index in [1.807, 2.05) is 41.3 Å². The predicted octanol–water partition coefficient (Wildman–Crippen LogP) is 4.40. The van der Waals surface area contributed by atoms with E-state index >= 15 is 0 Å². The van der Waals surface area contributed by atoms with Crippen LogP contribution in [0.5, 0.6) is 0 Å². The SMILES string of the molecule is O=C(O)N1CCN(c2nnc(-c3ccccc3)c3cc(Cl)c(Cl)cc23)CC1. The highest BCUT2D eigenvalue weighted by molar-refractivity contribution is 6.43. The van der Waals surface area contributed by atoms with Crippen LogP contribution in [0.2, 0.25) is 10.0 Å². The number of rotatable bonds is 2. The van der Waals surface area contributed by atoms with E-state index < -0.39 is 6.09 Å². The minimum absolute atomic E-state index is 0.417. The van der Waals surface area contributed by atoms with Gasteiger partial charge in [0, 0.05) is 42.5 Å². The molecule has 1 amide bonds. The van der Waals surface area contributed by atoms with Gasteiger partial charge in [-0.15, -0.1) is 10.2 Å². The molecule has 0 bridgehead atoms. The first-order chi connectivity index (χ1) is 13.0. The Bertz CT molecular complexity index is 1010. The molecular formula is C19H16Cl2N4O2. The first kappa shape index (κ1) is 17.8. The number of amides is 1. The van der Waals surface area contributed by atoms with Crippen LogP contribution in [0.4, 0.5) is 10.6 Å². The molecule has 0 radical (unpaired) electrons. The summed E-state index contributed by atoms with van der Waals surface area (Å²) in [7, 11) is 0. The van der Waals surface area contributed by atoms with Crippen LogP contribution in [0.1, 0.15) is 0 Å². The third kappa shape index (κ3) is 3.38. The number of carbonyl (C=O) groups is 1. The molecule has 0 saturated carbocycles. The van der Waals surface area contributed by atoms with Crippen molar-refractivity contribution >= 4 is 45.9 Å². The van der Waals surface area contributed by atoms with Crippen molar-refractivity contribution in [1.82, 2.24) is 15.1 Å². The van der Waals surface area contributed by atoms with Gasteiger partial charge in [-0.3, -0.25) is 0 Å². The smallest absolute Gasteiger partial charge is 0.407 e. The van der Waals surface area contributed by atoms with Crippen LogP contribution in [0, 0.1) is 0 Å². The molecule has 1 aliphatic heterocycles. The number of hydrogen-bond acceptors (Lipinski definition) is 4. The Morgan fingerprint density at radius 3 is 2.19 bits per heavy atom. The van der Waals surface area contributed by atoms with Gasteiger partial charge in [0.05, 0.1) is 10.0 Å². The minimum Gasteiger partial charge on any atom is -0.465 e. The molecule has 0 unspecified atom stereocenters. The lowest BCUT2D eigenvalue weighted by atomic mass is 10.0. The van der Waals surface area contributed by atoms with Crippen molar-refractivity contribution < 1.29 is 9.90 Å². The van der Waals surface area contributed by atoms with Crippen molar-refractivity contribution in [3.05, 3.63) is 52.5 Å². The minimum atomic E-state index is -0.903. The van der Waals surface area contributed by atoms with Crippen molar-refractivity contribution in [2.24, 2.45) is 0 Å². The Hall–Kier alpha value is -2.57. The standard InChI is InChI=1S/C19H16Cl2N4O2/c20-15-10-13-14(11-16(15)21)18(24-6-8-25(9-7-24)19(26)27)23-22-17(13)12-4-2-1-3-5-12/h1-5,10-11H,6-9H2,(H,26,27). The molecule has 6 nitrogen and oxygen atoms in total. The highest BCUT2D eigenvalue weighted by Crippen LogP contribution is 2.36. The summed E-state index contributed by atoms with van der Waals surface area (Å²) >= 11 is 12.6. The van der Waals surface area contributed by atoms with E-state index in [0.29, 0.717) is 42.0 Å². The quantitative estimate of drug-likeness (QED) is 0.687. The summed E-state index contributed by atoms with van der Waals surface area (Å²) in [5.74, 6) is 0.688. The molecule has 0 aliphatic carbocycles. The number of aromatic nitrogens is 2. The molecule has 1 aliphatic rings. The molecule has 27 heavy (non-hydrogen) atoms. The number of anilines is 1. The van der Waals surface area contributed by atoms with Crippen molar-refractivity contribution in [1.29, 1.82) is 0 Å². The molecule has 2 aromatic carbocycles. The van der Waals surface area contributed by atoms with Gasteiger partial charge in [-0.25, -0.2) is 4.79 Å². The summed E-state index contributed by atoms with van der Waals surface area (Å²) in [4.78, 5) is 14.6. The van der Waals surface area contributed by atoms with Crippen molar-refractivity contribution in [2.45, 2.75) is 0 Å². The predicted molar refractivity (Wildman–Crippen MR) is 107 cm³/mol. The number of piperazine rings is 1. The van der Waals surface area contributed by atoms with Crippen LogP contribution in [0.25, 0.3) is 22.0 Å². The third-order valence-electron chi connectivity index (χ3n) is 4.70. The zero-order valence-corrected chi connectivity index (χ0v) is 15.8. The number of carboxylic acid groups (broad SMARTS) is 1. The van der Waals surface area contributed by atoms with Crippen molar-refractivity contribution in [3.8, 4) is 11.3 Å². The van der Waals surface area contributed by atoms with E-state index in [2.05, 4.69) is 10.2 Å².